The van der Waals surface area contributed by atoms with Crippen molar-refractivity contribution >= 4 is 27.5 Å². The molecule has 0 aromatic heterocycles. The van der Waals surface area contributed by atoms with Crippen LogP contribution in [0, 0.1) is 5.92 Å². The highest BCUT2D eigenvalue weighted by molar-refractivity contribution is 7.90. The van der Waals surface area contributed by atoms with Crippen LogP contribution in [0.5, 0.6) is 0 Å². The molecule has 1 aromatic carbocycles. The van der Waals surface area contributed by atoms with Gasteiger partial charge in [0, 0.05) is 5.56 Å². The van der Waals surface area contributed by atoms with Gasteiger partial charge < -0.3 is 0 Å². The van der Waals surface area contributed by atoms with E-state index in [0.29, 0.717) is 23.9 Å². The molecule has 0 radical (unpaired) electrons. The van der Waals surface area contributed by atoms with Crippen LogP contribution in [0.4, 0.5) is 0 Å². The summed E-state index contributed by atoms with van der Waals surface area (Å²) in [5.41, 5.74) is 0.621. The quantitative estimate of drug-likeness (QED) is 0.868. The van der Waals surface area contributed by atoms with Gasteiger partial charge in [-0.1, -0.05) is 26.0 Å². The molecule has 2 rings (SSSR count). The number of aliphatic imine (C=N–C) groups is 1. The van der Waals surface area contributed by atoms with Crippen LogP contribution in [-0.2, 0) is 10.0 Å². The van der Waals surface area contributed by atoms with E-state index in [1.54, 1.807) is 24.3 Å². The van der Waals surface area contributed by atoms with Crippen molar-refractivity contribution in [1.82, 2.24) is 4.72 Å². The number of nitrogens with one attached hydrogen (secondary N) is 1. The molecule has 1 atom stereocenters. The number of halogens is 1. The Hall–Kier alpha value is -1.07. The molecule has 0 amide bonds. The minimum Gasteiger partial charge on any atom is -0.266 e. The third kappa shape index (κ3) is 3.28. The van der Waals surface area contributed by atoms with Gasteiger partial charge in [-0.15, -0.1) is 11.6 Å². The highest BCUT2D eigenvalue weighted by Crippen LogP contribution is 2.22. The molecule has 4 nitrogen and oxygen atoms in total. The number of nitrogens with zero attached hydrogens (tertiary/aromatic N) is 1. The molecule has 19 heavy (non-hydrogen) atoms. The van der Waals surface area contributed by atoms with Crippen molar-refractivity contribution in [1.29, 1.82) is 0 Å². The fraction of sp³-hybridized carbons (Fsp3) is 0.462. The van der Waals surface area contributed by atoms with Crippen LogP contribution in [0.2, 0.25) is 0 Å². The Bertz CT molecular complexity index is 596. The molecule has 0 saturated heterocycles. The Morgan fingerprint density at radius 2 is 2.00 bits per heavy atom. The van der Waals surface area contributed by atoms with Gasteiger partial charge in [-0.25, -0.2) is 8.42 Å². The molecule has 1 unspecified atom stereocenters. The van der Waals surface area contributed by atoms with Crippen molar-refractivity contribution in [2.75, 3.05) is 6.54 Å². The number of benzene rings is 1. The highest BCUT2D eigenvalue weighted by Gasteiger charge is 2.30. The molecule has 6 heteroatoms. The Balaban J connectivity index is 2.20. The number of hydrogen-bond acceptors (Lipinski definition) is 3. The lowest BCUT2D eigenvalue weighted by Gasteiger charge is -2.09. The highest BCUT2D eigenvalue weighted by atomic mass is 35.5. The Morgan fingerprint density at radius 3 is 2.68 bits per heavy atom. The zero-order chi connectivity index (χ0) is 14.0. The minimum atomic E-state index is -3.45. The zero-order valence-electron chi connectivity index (χ0n) is 10.9. The van der Waals surface area contributed by atoms with Gasteiger partial charge >= 0.3 is 0 Å². The first-order valence-corrected chi connectivity index (χ1v) is 8.13. The van der Waals surface area contributed by atoms with Gasteiger partial charge in [0.2, 0.25) is 0 Å². The van der Waals surface area contributed by atoms with Gasteiger partial charge in [0.15, 0.2) is 0 Å². The van der Waals surface area contributed by atoms with Crippen molar-refractivity contribution in [2.24, 2.45) is 10.9 Å². The number of hydrogen-bond donors (Lipinski definition) is 1. The summed E-state index contributed by atoms with van der Waals surface area (Å²) in [6, 6.07) is 6.82. The van der Waals surface area contributed by atoms with E-state index in [1.807, 2.05) is 0 Å². The SMILES string of the molecule is CC(C)CC(Cl)CN=C1NS(=O)(=O)c2ccccc21. The lowest BCUT2D eigenvalue weighted by atomic mass is 10.1. The third-order valence-corrected chi connectivity index (χ3v) is 4.55. The summed E-state index contributed by atoms with van der Waals surface area (Å²) in [5, 5.41) is -0.0789. The molecule has 104 valence electrons. The minimum absolute atomic E-state index is 0.0789. The normalized spacial score (nSPS) is 20.3. The molecule has 0 aliphatic carbocycles. The molecular weight excluding hydrogens is 284 g/mol. The maximum absolute atomic E-state index is 11.9. The van der Waals surface area contributed by atoms with Crippen molar-refractivity contribution < 1.29 is 8.42 Å². The summed E-state index contributed by atoms with van der Waals surface area (Å²) in [4.78, 5) is 4.59. The summed E-state index contributed by atoms with van der Waals surface area (Å²) in [7, 11) is -3.45. The van der Waals surface area contributed by atoms with Crippen molar-refractivity contribution in [2.45, 2.75) is 30.5 Å². The third-order valence-electron chi connectivity index (χ3n) is 2.84. The van der Waals surface area contributed by atoms with Gasteiger partial charge in [0.1, 0.15) is 5.84 Å². The predicted molar refractivity (Wildman–Crippen MR) is 77.3 cm³/mol. The molecule has 1 heterocycles. The molecule has 0 bridgehead atoms. The molecule has 0 saturated carbocycles. The summed E-state index contributed by atoms with van der Waals surface area (Å²) < 4.78 is 26.2. The largest absolute Gasteiger partial charge is 0.266 e. The number of rotatable bonds is 4. The van der Waals surface area contributed by atoms with Gasteiger partial charge in [-0.3, -0.25) is 9.71 Å². The Kier molecular flexibility index (Phi) is 4.16. The van der Waals surface area contributed by atoms with Crippen LogP contribution in [0.25, 0.3) is 0 Å². The molecule has 1 aliphatic rings. The molecular formula is C13H17ClN2O2S. The maximum Gasteiger partial charge on any atom is 0.263 e. The van der Waals surface area contributed by atoms with Gasteiger partial charge in [0.05, 0.1) is 16.8 Å². The van der Waals surface area contributed by atoms with Gasteiger partial charge in [0.25, 0.3) is 10.0 Å². The van der Waals surface area contributed by atoms with Gasteiger partial charge in [-0.2, -0.15) is 0 Å². The lowest BCUT2D eigenvalue weighted by Crippen LogP contribution is -2.23. The Labute approximate surface area is 118 Å². The van der Waals surface area contributed by atoms with Crippen molar-refractivity contribution in [3.05, 3.63) is 29.8 Å². The average molecular weight is 301 g/mol. The van der Waals surface area contributed by atoms with Crippen molar-refractivity contribution in [3.63, 3.8) is 0 Å². The van der Waals surface area contributed by atoms with Crippen molar-refractivity contribution in [3.8, 4) is 0 Å². The molecule has 1 aromatic rings. The number of sulfonamides is 1. The van der Waals surface area contributed by atoms with E-state index in [0.717, 1.165) is 6.42 Å². The number of alkyl halides is 1. The van der Waals surface area contributed by atoms with E-state index in [2.05, 4.69) is 23.6 Å². The topological polar surface area (TPSA) is 58.5 Å². The average Bonchev–Trinajstić information content (AvgIpc) is 2.59. The lowest BCUT2D eigenvalue weighted by molar-refractivity contribution is 0.567. The van der Waals surface area contributed by atoms with E-state index in [9.17, 15) is 8.42 Å². The van der Waals surface area contributed by atoms with Crippen LogP contribution in [-0.4, -0.2) is 26.2 Å². The van der Waals surface area contributed by atoms with E-state index < -0.39 is 10.0 Å². The maximum atomic E-state index is 11.9. The van der Waals surface area contributed by atoms with E-state index in [4.69, 9.17) is 11.6 Å². The summed E-state index contributed by atoms with van der Waals surface area (Å²) in [5.74, 6) is 0.889. The van der Waals surface area contributed by atoms with Crippen LogP contribution in [0.1, 0.15) is 25.8 Å². The van der Waals surface area contributed by atoms with Crippen LogP contribution in [0.3, 0.4) is 0 Å². The Morgan fingerprint density at radius 1 is 1.32 bits per heavy atom. The monoisotopic (exact) mass is 300 g/mol. The first-order valence-electron chi connectivity index (χ1n) is 6.21. The number of fused-ring (bicyclic) bond motifs is 1. The molecule has 1 aliphatic heterocycles. The second-order valence-corrected chi connectivity index (χ2v) is 7.29. The van der Waals surface area contributed by atoms with Crippen LogP contribution in [0.15, 0.2) is 34.2 Å². The first-order chi connectivity index (χ1) is 8.90. The second kappa shape index (κ2) is 5.51. The summed E-state index contributed by atoms with van der Waals surface area (Å²) in [6.07, 6.45) is 0.854. The van der Waals surface area contributed by atoms with Gasteiger partial charge in [-0.05, 0) is 24.5 Å². The predicted octanol–water partition coefficient (Wildman–Crippen LogP) is 2.38. The van der Waals surface area contributed by atoms with E-state index in [-0.39, 0.29) is 10.3 Å². The summed E-state index contributed by atoms with van der Waals surface area (Å²) >= 11 is 6.17. The molecule has 1 N–H and O–H groups in total. The number of amidine groups is 1. The smallest absolute Gasteiger partial charge is 0.263 e. The van der Waals surface area contributed by atoms with Crippen LogP contribution < -0.4 is 4.72 Å². The van der Waals surface area contributed by atoms with E-state index in [1.165, 1.54) is 0 Å². The first kappa shape index (κ1) is 14.3. The molecule has 0 fully saturated rings. The zero-order valence-corrected chi connectivity index (χ0v) is 12.5. The van der Waals surface area contributed by atoms with Crippen LogP contribution >= 0.6 is 11.6 Å². The fourth-order valence-electron chi connectivity index (χ4n) is 2.03. The summed E-state index contributed by atoms with van der Waals surface area (Å²) in [6.45, 7) is 4.60. The second-order valence-electron chi connectivity index (χ2n) is 5.02. The van der Waals surface area contributed by atoms with E-state index >= 15 is 0 Å². The molecule has 0 spiro atoms. The standard InChI is InChI=1S/C13H17ClN2O2S/c1-9(2)7-10(14)8-15-13-11-5-3-4-6-12(11)19(17,18)16-13/h3-6,9-10H,7-8H2,1-2H3,(H,15,16). The fourth-order valence-corrected chi connectivity index (χ4v) is 3.70.